The fourth-order valence-corrected chi connectivity index (χ4v) is 6.98. The fourth-order valence-electron chi connectivity index (χ4n) is 3.63. The van der Waals surface area contributed by atoms with E-state index in [1.165, 1.54) is 46.2 Å². The summed E-state index contributed by atoms with van der Waals surface area (Å²) in [4.78, 5) is 29.9. The monoisotopic (exact) mass is 578 g/mol. The van der Waals surface area contributed by atoms with Crippen molar-refractivity contribution in [3.63, 3.8) is 0 Å². The van der Waals surface area contributed by atoms with Crippen LogP contribution in [0, 0.1) is 0 Å². The molecule has 0 unspecified atom stereocenters. The van der Waals surface area contributed by atoms with Gasteiger partial charge in [-0.1, -0.05) is 95.5 Å². The number of carbonyl (C=O) groups excluding carboxylic acids is 2. The lowest BCUT2D eigenvalue weighted by Gasteiger charge is -2.19. The van der Waals surface area contributed by atoms with E-state index in [2.05, 4.69) is 25.8 Å². The Morgan fingerprint density at radius 1 is 0.816 bits per heavy atom. The number of rotatable bonds is 10. The minimum absolute atomic E-state index is 0.0744. The molecule has 0 saturated heterocycles. The lowest BCUT2D eigenvalue weighted by atomic mass is 9.99. The van der Waals surface area contributed by atoms with Crippen molar-refractivity contribution < 1.29 is 9.59 Å². The highest BCUT2D eigenvalue weighted by atomic mass is 32.2. The third-order valence-corrected chi connectivity index (χ3v) is 9.35. The molecule has 0 bridgehead atoms. The van der Waals surface area contributed by atoms with E-state index < -0.39 is 0 Å². The number of thioether (sulfide) groups is 2. The summed E-state index contributed by atoms with van der Waals surface area (Å²) >= 11 is 5.42. The normalized spacial score (nSPS) is 11.1. The van der Waals surface area contributed by atoms with Crippen LogP contribution in [0.4, 0.5) is 10.8 Å². The van der Waals surface area contributed by atoms with Crippen molar-refractivity contribution >= 4 is 79.0 Å². The summed E-state index contributed by atoms with van der Waals surface area (Å²) in [5.41, 5.74) is 9.13. The third kappa shape index (κ3) is 6.90. The van der Waals surface area contributed by atoms with Crippen LogP contribution in [0.2, 0.25) is 0 Å². The highest BCUT2D eigenvalue weighted by molar-refractivity contribution is 8.02. The number of amides is 2. The lowest BCUT2D eigenvalue weighted by molar-refractivity contribution is -0.119. The fraction of sp³-hybridized carbons (Fsp3) is 0.115. The zero-order chi connectivity index (χ0) is 26.3. The molecule has 8 nitrogen and oxygen atoms in total. The van der Waals surface area contributed by atoms with Crippen molar-refractivity contribution in [1.82, 2.24) is 20.5 Å². The quantitative estimate of drug-likeness (QED) is 0.187. The van der Waals surface area contributed by atoms with Crippen LogP contribution in [-0.4, -0.2) is 38.5 Å². The second-order valence-corrected chi connectivity index (χ2v) is 12.5. The lowest BCUT2D eigenvalue weighted by Crippen LogP contribution is -2.30. The standard InChI is InChI=1S/C26H22N6O2S4/c27-24-31-32-26(38-24)36-14-21(33)28-18-11-12-19-20(13-18)37-25(29-19)35-15-22(34)30-23(16-7-3-1-4-8-16)17-9-5-2-6-10-17/h1-13,23H,14-15H2,(H2,27,31)(H,28,33)(H,30,34). The predicted octanol–water partition coefficient (Wildman–Crippen LogP) is 5.46. The number of nitrogens with zero attached hydrogens (tertiary/aromatic N) is 3. The van der Waals surface area contributed by atoms with E-state index in [1.807, 2.05) is 78.9 Å². The van der Waals surface area contributed by atoms with Gasteiger partial charge in [0.25, 0.3) is 0 Å². The van der Waals surface area contributed by atoms with Crippen LogP contribution in [0.5, 0.6) is 0 Å². The Morgan fingerprint density at radius 2 is 1.47 bits per heavy atom. The molecule has 0 aliphatic carbocycles. The summed E-state index contributed by atoms with van der Waals surface area (Å²) in [6.07, 6.45) is 0. The topological polar surface area (TPSA) is 123 Å². The van der Waals surface area contributed by atoms with Crippen LogP contribution in [0.1, 0.15) is 17.2 Å². The summed E-state index contributed by atoms with van der Waals surface area (Å²) in [7, 11) is 0. The van der Waals surface area contributed by atoms with Gasteiger partial charge in [-0.2, -0.15) is 0 Å². The van der Waals surface area contributed by atoms with Crippen LogP contribution < -0.4 is 16.4 Å². The number of hydrogen-bond acceptors (Lipinski definition) is 10. The minimum atomic E-state index is -0.227. The van der Waals surface area contributed by atoms with Crippen LogP contribution >= 0.6 is 46.2 Å². The zero-order valence-corrected chi connectivity index (χ0v) is 23.1. The number of fused-ring (bicyclic) bond motifs is 1. The van der Waals surface area contributed by atoms with E-state index in [0.717, 1.165) is 25.7 Å². The molecule has 0 aliphatic heterocycles. The average molecular weight is 579 g/mol. The van der Waals surface area contributed by atoms with Gasteiger partial charge in [0.1, 0.15) is 0 Å². The second-order valence-electron chi connectivity index (χ2n) is 8.02. The summed E-state index contributed by atoms with van der Waals surface area (Å²) in [6, 6.07) is 25.2. The van der Waals surface area contributed by atoms with Gasteiger partial charge in [0, 0.05) is 5.69 Å². The van der Waals surface area contributed by atoms with Gasteiger partial charge in [0.05, 0.1) is 27.8 Å². The van der Waals surface area contributed by atoms with Gasteiger partial charge < -0.3 is 16.4 Å². The van der Waals surface area contributed by atoms with E-state index in [4.69, 9.17) is 5.73 Å². The van der Waals surface area contributed by atoms with E-state index in [0.29, 0.717) is 15.2 Å². The molecule has 2 aromatic heterocycles. The number of nitrogens with one attached hydrogen (secondary N) is 2. The first kappa shape index (κ1) is 26.2. The number of anilines is 2. The van der Waals surface area contributed by atoms with Gasteiger partial charge in [-0.05, 0) is 29.3 Å². The Kier molecular flexibility index (Phi) is 8.54. The average Bonchev–Trinajstić information content (AvgIpc) is 3.55. The van der Waals surface area contributed by atoms with Gasteiger partial charge in [-0.15, -0.1) is 21.5 Å². The molecule has 0 aliphatic rings. The molecule has 4 N–H and O–H groups in total. The molecule has 3 aromatic carbocycles. The Labute approximate surface area is 235 Å². The van der Waals surface area contributed by atoms with Gasteiger partial charge in [-0.25, -0.2) is 4.98 Å². The maximum absolute atomic E-state index is 12.9. The third-order valence-electron chi connectivity index (χ3n) is 5.30. The summed E-state index contributed by atoms with van der Waals surface area (Å²) < 4.78 is 2.38. The molecule has 192 valence electrons. The molecule has 0 atom stereocenters. The molecule has 2 amide bonds. The molecular weight excluding hydrogens is 557 g/mol. The molecule has 5 rings (SSSR count). The van der Waals surface area contributed by atoms with Gasteiger partial charge in [0.2, 0.25) is 16.9 Å². The summed E-state index contributed by atoms with van der Waals surface area (Å²) in [5, 5.41) is 14.1. The van der Waals surface area contributed by atoms with Crippen LogP contribution in [-0.2, 0) is 9.59 Å². The molecule has 0 fully saturated rings. The first-order valence-electron chi connectivity index (χ1n) is 11.5. The number of carbonyl (C=O) groups is 2. The molecule has 5 aromatic rings. The number of benzene rings is 3. The number of hydrogen-bond donors (Lipinski definition) is 3. The first-order valence-corrected chi connectivity index (χ1v) is 15.1. The van der Waals surface area contributed by atoms with Crippen molar-refractivity contribution in [2.45, 2.75) is 14.7 Å². The largest absolute Gasteiger partial charge is 0.374 e. The zero-order valence-electron chi connectivity index (χ0n) is 19.9. The Bertz CT molecular complexity index is 1500. The smallest absolute Gasteiger partial charge is 0.234 e. The van der Waals surface area contributed by atoms with Crippen molar-refractivity contribution in [2.75, 3.05) is 22.6 Å². The van der Waals surface area contributed by atoms with E-state index in [-0.39, 0.29) is 29.4 Å². The predicted molar refractivity (Wildman–Crippen MR) is 157 cm³/mol. The van der Waals surface area contributed by atoms with Crippen LogP contribution in [0.25, 0.3) is 10.2 Å². The number of aromatic nitrogens is 3. The van der Waals surface area contributed by atoms with Crippen molar-refractivity contribution in [3.05, 3.63) is 90.0 Å². The van der Waals surface area contributed by atoms with Crippen molar-refractivity contribution in [3.8, 4) is 0 Å². The molecule has 0 saturated carbocycles. The maximum atomic E-state index is 12.9. The van der Waals surface area contributed by atoms with Crippen molar-refractivity contribution in [1.29, 1.82) is 0 Å². The highest BCUT2D eigenvalue weighted by Gasteiger charge is 2.17. The SMILES string of the molecule is Nc1nnc(SCC(=O)Nc2ccc3nc(SCC(=O)NC(c4ccccc4)c4ccccc4)sc3c2)s1. The Balaban J connectivity index is 1.18. The van der Waals surface area contributed by atoms with Gasteiger partial charge in [-0.3, -0.25) is 9.59 Å². The summed E-state index contributed by atoms with van der Waals surface area (Å²) in [5.74, 6) is 0.228. The molecule has 38 heavy (non-hydrogen) atoms. The number of thiazole rings is 1. The van der Waals surface area contributed by atoms with Gasteiger partial charge >= 0.3 is 0 Å². The highest BCUT2D eigenvalue weighted by Crippen LogP contribution is 2.32. The molecule has 2 heterocycles. The molecule has 0 spiro atoms. The summed E-state index contributed by atoms with van der Waals surface area (Å²) in [6.45, 7) is 0. The second kappa shape index (κ2) is 12.4. The Morgan fingerprint density at radius 3 is 2.13 bits per heavy atom. The molecular formula is C26H22N6O2S4. The molecule has 0 radical (unpaired) electrons. The van der Waals surface area contributed by atoms with E-state index in [1.54, 1.807) is 0 Å². The van der Waals surface area contributed by atoms with E-state index in [9.17, 15) is 9.59 Å². The molecule has 12 heteroatoms. The van der Waals surface area contributed by atoms with Crippen molar-refractivity contribution in [2.24, 2.45) is 0 Å². The van der Waals surface area contributed by atoms with E-state index >= 15 is 0 Å². The first-order chi connectivity index (χ1) is 18.5. The minimum Gasteiger partial charge on any atom is -0.374 e. The van der Waals surface area contributed by atoms with Gasteiger partial charge in [0.15, 0.2) is 8.68 Å². The van der Waals surface area contributed by atoms with Crippen LogP contribution in [0.15, 0.2) is 87.5 Å². The van der Waals surface area contributed by atoms with Crippen LogP contribution in [0.3, 0.4) is 0 Å². The maximum Gasteiger partial charge on any atom is 0.234 e. The number of nitrogen functional groups attached to an aromatic ring is 1. The number of nitrogens with two attached hydrogens (primary N) is 1. The Hall–Kier alpha value is -3.45.